The van der Waals surface area contributed by atoms with Crippen LogP contribution in [0.2, 0.25) is 0 Å². The number of hydrogen-bond acceptors (Lipinski definition) is 2. The third-order valence-electron chi connectivity index (χ3n) is 5.15. The fourth-order valence-electron chi connectivity index (χ4n) is 3.34. The Hall–Kier alpha value is -2.87. The maximum absolute atomic E-state index is 12.1. The highest BCUT2D eigenvalue weighted by atomic mass is 16.5. The Morgan fingerprint density at radius 1 is 0.786 bits per heavy atom. The van der Waals surface area contributed by atoms with E-state index in [0.717, 1.165) is 18.4 Å². The molecule has 0 radical (unpaired) electrons. The summed E-state index contributed by atoms with van der Waals surface area (Å²) in [6.07, 6.45) is 3.09. The van der Waals surface area contributed by atoms with Gasteiger partial charge in [0, 0.05) is 6.42 Å². The lowest BCUT2D eigenvalue weighted by Gasteiger charge is -2.09. The first-order valence-electron chi connectivity index (χ1n) is 10.1. The van der Waals surface area contributed by atoms with Crippen LogP contribution >= 0.6 is 0 Å². The molecule has 28 heavy (non-hydrogen) atoms. The third kappa shape index (κ3) is 5.10. The molecule has 3 aromatic carbocycles. The summed E-state index contributed by atoms with van der Waals surface area (Å²) >= 11 is 0. The summed E-state index contributed by atoms with van der Waals surface area (Å²) in [7, 11) is 0. The van der Waals surface area contributed by atoms with E-state index in [0.29, 0.717) is 18.6 Å². The predicted molar refractivity (Wildman–Crippen MR) is 116 cm³/mol. The van der Waals surface area contributed by atoms with E-state index in [4.69, 9.17) is 4.74 Å². The second kappa shape index (κ2) is 9.36. The molecule has 0 heterocycles. The van der Waals surface area contributed by atoms with Gasteiger partial charge in [0.25, 0.3) is 0 Å². The van der Waals surface area contributed by atoms with Gasteiger partial charge in [0.2, 0.25) is 0 Å². The maximum Gasteiger partial charge on any atom is 0.311 e. The van der Waals surface area contributed by atoms with Crippen LogP contribution in [0, 0.1) is 6.92 Å². The van der Waals surface area contributed by atoms with Crippen molar-refractivity contribution in [2.75, 3.05) is 0 Å². The Balaban J connectivity index is 1.57. The summed E-state index contributed by atoms with van der Waals surface area (Å²) in [5.74, 6) is 0.419. The molecule has 144 valence electrons. The standard InChI is InChI=1S/C26H28O2/c1-4-20-8-14-24(15-9-20)28-26(27)17-11-22-6-12-23(13-7-22)25-16-10-21(5-2)18-19(25)3/h6-10,12-16,18H,4-5,11,17H2,1-3H3. The van der Waals surface area contributed by atoms with Crippen LogP contribution in [0.1, 0.15) is 42.5 Å². The van der Waals surface area contributed by atoms with E-state index in [1.54, 1.807) is 0 Å². The van der Waals surface area contributed by atoms with Crippen LogP contribution < -0.4 is 4.74 Å². The highest BCUT2D eigenvalue weighted by molar-refractivity contribution is 5.73. The van der Waals surface area contributed by atoms with Crippen LogP contribution in [0.4, 0.5) is 0 Å². The summed E-state index contributed by atoms with van der Waals surface area (Å²) in [5.41, 5.74) is 7.51. The van der Waals surface area contributed by atoms with Gasteiger partial charge < -0.3 is 4.74 Å². The van der Waals surface area contributed by atoms with E-state index in [-0.39, 0.29) is 5.97 Å². The van der Waals surface area contributed by atoms with Gasteiger partial charge in [0.15, 0.2) is 0 Å². The van der Waals surface area contributed by atoms with Gasteiger partial charge in [-0.25, -0.2) is 0 Å². The molecule has 3 rings (SSSR count). The van der Waals surface area contributed by atoms with Crippen molar-refractivity contribution in [1.29, 1.82) is 0 Å². The Labute approximate surface area is 168 Å². The zero-order valence-corrected chi connectivity index (χ0v) is 17.0. The first kappa shape index (κ1) is 19.9. The first-order chi connectivity index (χ1) is 13.6. The van der Waals surface area contributed by atoms with Crippen molar-refractivity contribution in [3.8, 4) is 16.9 Å². The van der Waals surface area contributed by atoms with Gasteiger partial charge in [-0.2, -0.15) is 0 Å². The monoisotopic (exact) mass is 372 g/mol. The second-order valence-electron chi connectivity index (χ2n) is 7.17. The lowest BCUT2D eigenvalue weighted by Crippen LogP contribution is -2.09. The highest BCUT2D eigenvalue weighted by Gasteiger charge is 2.07. The Bertz CT molecular complexity index is 922. The Morgan fingerprint density at radius 2 is 1.39 bits per heavy atom. The molecule has 0 atom stereocenters. The van der Waals surface area contributed by atoms with E-state index < -0.39 is 0 Å². The molecule has 0 amide bonds. The highest BCUT2D eigenvalue weighted by Crippen LogP contribution is 2.25. The molecule has 2 heteroatoms. The number of carbonyl (C=O) groups is 1. The number of aryl methyl sites for hydroxylation is 4. The van der Waals surface area contributed by atoms with Crippen molar-refractivity contribution in [2.24, 2.45) is 0 Å². The largest absolute Gasteiger partial charge is 0.427 e. The maximum atomic E-state index is 12.1. The second-order valence-corrected chi connectivity index (χ2v) is 7.17. The fraction of sp³-hybridized carbons (Fsp3) is 0.269. The van der Waals surface area contributed by atoms with Crippen molar-refractivity contribution in [3.05, 3.63) is 89.0 Å². The van der Waals surface area contributed by atoms with Crippen LogP contribution in [0.5, 0.6) is 5.75 Å². The molecule has 3 aromatic rings. The molecule has 0 spiro atoms. The summed E-state index contributed by atoms with van der Waals surface area (Å²) in [4.78, 5) is 12.1. The normalized spacial score (nSPS) is 10.7. The van der Waals surface area contributed by atoms with Gasteiger partial charge in [-0.05, 0) is 71.7 Å². The van der Waals surface area contributed by atoms with Gasteiger partial charge in [-0.15, -0.1) is 0 Å². The average molecular weight is 373 g/mol. The van der Waals surface area contributed by atoms with Crippen molar-refractivity contribution in [3.63, 3.8) is 0 Å². The third-order valence-corrected chi connectivity index (χ3v) is 5.15. The number of benzene rings is 3. The molecular weight excluding hydrogens is 344 g/mol. The molecule has 0 fully saturated rings. The number of rotatable bonds is 7. The molecule has 0 aliphatic rings. The molecule has 0 N–H and O–H groups in total. The minimum atomic E-state index is -0.195. The van der Waals surface area contributed by atoms with Crippen molar-refractivity contribution >= 4 is 5.97 Å². The first-order valence-corrected chi connectivity index (χ1v) is 10.1. The number of esters is 1. The van der Waals surface area contributed by atoms with E-state index >= 15 is 0 Å². The average Bonchev–Trinajstić information content (AvgIpc) is 2.73. The molecule has 0 aliphatic carbocycles. The van der Waals surface area contributed by atoms with E-state index in [2.05, 4.69) is 63.2 Å². The quantitative estimate of drug-likeness (QED) is 0.358. The topological polar surface area (TPSA) is 26.3 Å². The fourth-order valence-corrected chi connectivity index (χ4v) is 3.34. The predicted octanol–water partition coefficient (Wildman–Crippen LogP) is 6.33. The lowest BCUT2D eigenvalue weighted by atomic mass is 9.96. The van der Waals surface area contributed by atoms with Crippen LogP contribution in [0.3, 0.4) is 0 Å². The van der Waals surface area contributed by atoms with Gasteiger partial charge in [0.1, 0.15) is 5.75 Å². The Morgan fingerprint density at radius 3 is 2.00 bits per heavy atom. The number of ether oxygens (including phenoxy) is 1. The molecule has 0 bridgehead atoms. The molecule has 0 aliphatic heterocycles. The lowest BCUT2D eigenvalue weighted by molar-refractivity contribution is -0.134. The summed E-state index contributed by atoms with van der Waals surface area (Å²) in [5, 5.41) is 0. The molecule has 0 aromatic heterocycles. The SMILES string of the molecule is CCc1ccc(OC(=O)CCc2ccc(-c3ccc(CC)cc3C)cc2)cc1. The van der Waals surface area contributed by atoms with Crippen molar-refractivity contribution in [1.82, 2.24) is 0 Å². The number of carbonyl (C=O) groups excluding carboxylic acids is 1. The smallest absolute Gasteiger partial charge is 0.311 e. The van der Waals surface area contributed by atoms with Gasteiger partial charge >= 0.3 is 5.97 Å². The summed E-state index contributed by atoms with van der Waals surface area (Å²) in [6, 6.07) is 22.8. The van der Waals surface area contributed by atoms with Gasteiger partial charge in [0.05, 0.1) is 0 Å². The molecular formula is C26H28O2. The van der Waals surface area contributed by atoms with E-state index in [9.17, 15) is 4.79 Å². The summed E-state index contributed by atoms with van der Waals surface area (Å²) in [6.45, 7) is 6.44. The minimum absolute atomic E-state index is 0.195. The van der Waals surface area contributed by atoms with Crippen LogP contribution in [-0.2, 0) is 24.1 Å². The minimum Gasteiger partial charge on any atom is -0.427 e. The Kier molecular flexibility index (Phi) is 6.65. The zero-order chi connectivity index (χ0) is 19.9. The van der Waals surface area contributed by atoms with Gasteiger partial charge in [-0.3, -0.25) is 4.79 Å². The molecule has 0 saturated heterocycles. The van der Waals surface area contributed by atoms with Crippen molar-refractivity contribution < 1.29 is 9.53 Å². The van der Waals surface area contributed by atoms with Crippen LogP contribution in [0.15, 0.2) is 66.7 Å². The number of hydrogen-bond donors (Lipinski definition) is 0. The van der Waals surface area contributed by atoms with Crippen molar-refractivity contribution in [2.45, 2.75) is 46.5 Å². The van der Waals surface area contributed by atoms with Crippen LogP contribution in [-0.4, -0.2) is 5.97 Å². The van der Waals surface area contributed by atoms with Crippen LogP contribution in [0.25, 0.3) is 11.1 Å². The summed E-state index contributed by atoms with van der Waals surface area (Å²) < 4.78 is 5.43. The van der Waals surface area contributed by atoms with E-state index in [1.807, 2.05) is 24.3 Å². The van der Waals surface area contributed by atoms with Gasteiger partial charge in [-0.1, -0.05) is 68.4 Å². The molecule has 2 nitrogen and oxygen atoms in total. The zero-order valence-electron chi connectivity index (χ0n) is 17.0. The molecule has 0 unspecified atom stereocenters. The molecule has 0 saturated carbocycles. The van der Waals surface area contributed by atoms with E-state index in [1.165, 1.54) is 27.8 Å².